The molecular weight excluding hydrogens is 408 g/mol. The van der Waals surface area contributed by atoms with E-state index in [4.69, 9.17) is 0 Å². The molecule has 2 heterocycles. The van der Waals surface area contributed by atoms with Gasteiger partial charge < -0.3 is 4.90 Å². The van der Waals surface area contributed by atoms with Gasteiger partial charge in [-0.25, -0.2) is 8.42 Å². The Kier molecular flexibility index (Phi) is 6.30. The monoisotopic (exact) mass is 438 g/mol. The molecule has 1 atom stereocenters. The van der Waals surface area contributed by atoms with Crippen LogP contribution >= 0.6 is 0 Å². The van der Waals surface area contributed by atoms with Crippen LogP contribution in [0.2, 0.25) is 0 Å². The Morgan fingerprint density at radius 3 is 2.48 bits per heavy atom. The molecule has 2 aliphatic heterocycles. The maximum Gasteiger partial charge on any atom is 0.254 e. The lowest BCUT2D eigenvalue weighted by Crippen LogP contribution is -2.42. The van der Waals surface area contributed by atoms with E-state index in [1.807, 2.05) is 32.0 Å². The van der Waals surface area contributed by atoms with Crippen molar-refractivity contribution < 1.29 is 13.2 Å². The van der Waals surface area contributed by atoms with E-state index < -0.39 is 10.0 Å². The highest BCUT2D eigenvalue weighted by molar-refractivity contribution is 7.89. The summed E-state index contributed by atoms with van der Waals surface area (Å²) < 4.78 is 28.1. The number of carbonyl (C=O) groups is 1. The molecule has 4 rings (SSSR count). The molecule has 0 N–H and O–H groups in total. The summed E-state index contributed by atoms with van der Waals surface area (Å²) in [5, 5.41) is 0. The fourth-order valence-corrected chi connectivity index (χ4v) is 6.22. The topological polar surface area (TPSA) is 57.7 Å². The van der Waals surface area contributed by atoms with Crippen LogP contribution in [0.1, 0.15) is 54.1 Å². The third-order valence-corrected chi connectivity index (χ3v) is 8.44. The minimum Gasteiger partial charge on any atom is -0.335 e. The van der Waals surface area contributed by atoms with Crippen LogP contribution < -0.4 is 0 Å². The Morgan fingerprint density at radius 2 is 1.81 bits per heavy atom. The molecule has 6 heteroatoms. The summed E-state index contributed by atoms with van der Waals surface area (Å²) in [6.07, 6.45) is 5.70. The molecule has 0 aliphatic carbocycles. The zero-order chi connectivity index (χ0) is 22.0. The van der Waals surface area contributed by atoms with Gasteiger partial charge in [0.25, 0.3) is 5.91 Å². The molecule has 0 saturated carbocycles. The normalized spacial score (nSPS) is 20.4. The first-order valence-corrected chi connectivity index (χ1v) is 12.5. The second-order valence-electron chi connectivity index (χ2n) is 8.53. The fraction of sp³-hybridized carbons (Fsp3) is 0.400. The van der Waals surface area contributed by atoms with Crippen molar-refractivity contribution in [1.82, 2.24) is 9.21 Å². The molecule has 0 bridgehead atoms. The minimum absolute atomic E-state index is 0.0113. The maximum atomic E-state index is 13.3. The van der Waals surface area contributed by atoms with E-state index in [-0.39, 0.29) is 16.8 Å². The largest absolute Gasteiger partial charge is 0.335 e. The summed E-state index contributed by atoms with van der Waals surface area (Å²) in [6, 6.07) is 15.2. The lowest BCUT2D eigenvalue weighted by atomic mass is 9.99. The van der Waals surface area contributed by atoms with Crippen molar-refractivity contribution in [3.05, 3.63) is 71.3 Å². The highest BCUT2D eigenvalue weighted by atomic mass is 32.2. The number of carbonyl (C=O) groups excluding carboxylic acids is 1. The molecule has 5 nitrogen and oxygen atoms in total. The first-order valence-electron chi connectivity index (χ1n) is 11.0. The van der Waals surface area contributed by atoms with Crippen LogP contribution in [-0.2, 0) is 10.0 Å². The van der Waals surface area contributed by atoms with Crippen LogP contribution in [0.25, 0.3) is 5.57 Å². The number of nitrogens with zero attached hydrogens (tertiary/aromatic N) is 2. The van der Waals surface area contributed by atoms with Crippen molar-refractivity contribution in [1.29, 1.82) is 0 Å². The molecule has 0 aromatic heterocycles. The van der Waals surface area contributed by atoms with Gasteiger partial charge >= 0.3 is 0 Å². The Morgan fingerprint density at radius 1 is 1.03 bits per heavy atom. The van der Waals surface area contributed by atoms with Crippen LogP contribution in [0.15, 0.2) is 59.5 Å². The molecule has 1 amide bonds. The molecule has 0 spiro atoms. The number of hydrogen-bond acceptors (Lipinski definition) is 3. The van der Waals surface area contributed by atoms with E-state index in [9.17, 15) is 13.2 Å². The van der Waals surface area contributed by atoms with Gasteiger partial charge in [0.05, 0.1) is 4.90 Å². The predicted molar refractivity (Wildman–Crippen MR) is 123 cm³/mol. The fourth-order valence-electron chi connectivity index (χ4n) is 4.49. The predicted octanol–water partition coefficient (Wildman–Crippen LogP) is 4.49. The molecule has 0 unspecified atom stereocenters. The summed E-state index contributed by atoms with van der Waals surface area (Å²) in [6.45, 7) is 5.52. The Bertz CT molecular complexity index is 1090. The van der Waals surface area contributed by atoms with Gasteiger partial charge in [0.15, 0.2) is 0 Å². The third-order valence-electron chi connectivity index (χ3n) is 6.43. The Balaban J connectivity index is 1.56. The van der Waals surface area contributed by atoms with Crippen molar-refractivity contribution in [2.24, 2.45) is 0 Å². The molecule has 164 valence electrons. The average molecular weight is 439 g/mol. The summed E-state index contributed by atoms with van der Waals surface area (Å²) in [4.78, 5) is 15.3. The lowest BCUT2D eigenvalue weighted by molar-refractivity contribution is 0.0772. The summed E-state index contributed by atoms with van der Waals surface area (Å²) in [7, 11) is -3.61. The molecule has 2 aliphatic rings. The SMILES string of the molecule is Cc1ccc(S(=O)(=O)N2CCCC[C@H]2C)cc1C(=O)N1CC=C(c2ccccc2)CC1. The van der Waals surface area contributed by atoms with Crippen molar-refractivity contribution in [3.63, 3.8) is 0 Å². The highest BCUT2D eigenvalue weighted by Gasteiger charge is 2.32. The highest BCUT2D eigenvalue weighted by Crippen LogP contribution is 2.28. The summed E-state index contributed by atoms with van der Waals surface area (Å²) >= 11 is 0. The molecule has 2 aromatic carbocycles. The van der Waals surface area contributed by atoms with Gasteiger partial charge in [0.2, 0.25) is 10.0 Å². The maximum absolute atomic E-state index is 13.3. The molecule has 0 radical (unpaired) electrons. The van der Waals surface area contributed by atoms with Gasteiger partial charge in [0.1, 0.15) is 0 Å². The summed E-state index contributed by atoms with van der Waals surface area (Å²) in [5.41, 5.74) is 3.71. The number of rotatable bonds is 4. The zero-order valence-electron chi connectivity index (χ0n) is 18.3. The van der Waals surface area contributed by atoms with Crippen LogP contribution in [0, 0.1) is 6.92 Å². The Hall–Kier alpha value is -2.44. The second kappa shape index (κ2) is 8.97. The third kappa shape index (κ3) is 4.46. The van der Waals surface area contributed by atoms with E-state index in [1.165, 1.54) is 11.1 Å². The van der Waals surface area contributed by atoms with Crippen LogP contribution in [0.4, 0.5) is 0 Å². The van der Waals surface area contributed by atoms with Gasteiger partial charge in [-0.3, -0.25) is 4.79 Å². The van der Waals surface area contributed by atoms with Gasteiger partial charge in [0, 0.05) is 31.2 Å². The molecular formula is C25H30N2O3S. The zero-order valence-corrected chi connectivity index (χ0v) is 19.1. The second-order valence-corrected chi connectivity index (χ2v) is 10.4. The average Bonchev–Trinajstić information content (AvgIpc) is 2.79. The van der Waals surface area contributed by atoms with Crippen molar-refractivity contribution in [2.75, 3.05) is 19.6 Å². The van der Waals surface area contributed by atoms with Crippen molar-refractivity contribution in [3.8, 4) is 0 Å². The van der Waals surface area contributed by atoms with E-state index >= 15 is 0 Å². The number of piperidine rings is 1. The quantitative estimate of drug-likeness (QED) is 0.707. The first kappa shape index (κ1) is 21.8. The van der Waals surface area contributed by atoms with Crippen LogP contribution in [0.3, 0.4) is 0 Å². The molecule has 1 saturated heterocycles. The van der Waals surface area contributed by atoms with E-state index in [2.05, 4.69) is 18.2 Å². The number of amides is 1. The van der Waals surface area contributed by atoms with E-state index in [0.29, 0.717) is 25.2 Å². The van der Waals surface area contributed by atoms with E-state index in [0.717, 1.165) is 31.2 Å². The van der Waals surface area contributed by atoms with Crippen LogP contribution in [0.5, 0.6) is 0 Å². The Labute approximate surface area is 185 Å². The van der Waals surface area contributed by atoms with E-state index in [1.54, 1.807) is 27.4 Å². The van der Waals surface area contributed by atoms with Crippen molar-refractivity contribution in [2.45, 2.75) is 50.5 Å². The van der Waals surface area contributed by atoms with Crippen molar-refractivity contribution >= 4 is 21.5 Å². The lowest BCUT2D eigenvalue weighted by Gasteiger charge is -2.32. The molecule has 1 fully saturated rings. The van der Waals surface area contributed by atoms with Gasteiger partial charge in [-0.05, 0) is 61.9 Å². The van der Waals surface area contributed by atoms with Gasteiger partial charge in [-0.15, -0.1) is 0 Å². The number of sulfonamides is 1. The first-order chi connectivity index (χ1) is 14.9. The number of hydrogen-bond donors (Lipinski definition) is 0. The smallest absolute Gasteiger partial charge is 0.254 e. The molecule has 2 aromatic rings. The summed E-state index contributed by atoms with van der Waals surface area (Å²) in [5.74, 6) is -0.107. The number of benzene rings is 2. The van der Waals surface area contributed by atoms with Crippen LogP contribution in [-0.4, -0.2) is 49.2 Å². The van der Waals surface area contributed by atoms with Gasteiger partial charge in [-0.2, -0.15) is 4.31 Å². The molecule has 31 heavy (non-hydrogen) atoms. The standard InChI is InChI=1S/C25H30N2O3S/c1-19-11-12-23(31(29,30)27-15-7-6-8-20(27)2)18-24(19)25(28)26-16-13-22(14-17-26)21-9-4-3-5-10-21/h3-5,9-13,18,20H,6-8,14-17H2,1-2H3/t20-/m1/s1. The van der Waals surface area contributed by atoms with Gasteiger partial charge in [-0.1, -0.05) is 48.9 Å². The number of aryl methyl sites for hydroxylation is 1. The minimum atomic E-state index is -3.61.